The van der Waals surface area contributed by atoms with E-state index in [4.69, 9.17) is 4.52 Å². The zero-order chi connectivity index (χ0) is 24.0. The summed E-state index contributed by atoms with van der Waals surface area (Å²) >= 11 is 0. The Morgan fingerprint density at radius 3 is 2.55 bits per heavy atom. The van der Waals surface area contributed by atoms with Gasteiger partial charge in [-0.1, -0.05) is 11.2 Å². The van der Waals surface area contributed by atoms with E-state index in [1.165, 1.54) is 18.3 Å². The van der Waals surface area contributed by atoms with Gasteiger partial charge in [-0.2, -0.15) is 13.2 Å². The van der Waals surface area contributed by atoms with Gasteiger partial charge in [0.05, 0.1) is 28.5 Å². The first-order valence-corrected chi connectivity index (χ1v) is 10.1. The normalized spacial score (nSPS) is 15.0. The highest BCUT2D eigenvalue weighted by atomic mass is 19.4. The van der Waals surface area contributed by atoms with E-state index < -0.39 is 36.4 Å². The minimum atomic E-state index is -4.54. The number of benzene rings is 1. The van der Waals surface area contributed by atoms with E-state index in [-0.39, 0.29) is 22.3 Å². The fourth-order valence-electron chi connectivity index (χ4n) is 4.07. The Hall–Kier alpha value is -3.44. The molecule has 0 aliphatic carbocycles. The number of aliphatic hydroxyl groups is 2. The Morgan fingerprint density at radius 1 is 1.18 bits per heavy atom. The summed E-state index contributed by atoms with van der Waals surface area (Å²) in [7, 11) is 0. The van der Waals surface area contributed by atoms with Gasteiger partial charge in [0.1, 0.15) is 5.76 Å². The maximum Gasteiger partial charge on any atom is 0.389 e. The van der Waals surface area contributed by atoms with Crippen molar-refractivity contribution in [2.75, 3.05) is 0 Å². The third-order valence-electron chi connectivity index (χ3n) is 5.60. The monoisotopic (exact) mass is 462 g/mol. The van der Waals surface area contributed by atoms with E-state index in [0.717, 1.165) is 0 Å². The van der Waals surface area contributed by atoms with Gasteiger partial charge in [-0.25, -0.2) is 4.79 Å². The molecule has 33 heavy (non-hydrogen) atoms. The summed E-state index contributed by atoms with van der Waals surface area (Å²) in [5, 5.41) is 26.7. The molecule has 2 atom stereocenters. The number of rotatable bonds is 6. The van der Waals surface area contributed by atoms with E-state index in [0.29, 0.717) is 22.6 Å². The molecule has 0 radical (unpaired) electrons. The molecular formula is C22H21F3N4O4. The number of hydrogen-bond acceptors (Lipinski definition) is 6. The summed E-state index contributed by atoms with van der Waals surface area (Å²) in [6.45, 7) is 3.39. The Morgan fingerprint density at radius 2 is 1.94 bits per heavy atom. The maximum absolute atomic E-state index is 12.9. The van der Waals surface area contributed by atoms with Gasteiger partial charge in [0, 0.05) is 23.7 Å². The molecule has 0 amide bonds. The minimum absolute atomic E-state index is 0.0123. The molecule has 0 spiro atoms. The van der Waals surface area contributed by atoms with Crippen LogP contribution in [0.1, 0.15) is 35.6 Å². The fourth-order valence-corrected chi connectivity index (χ4v) is 4.07. The highest BCUT2D eigenvalue weighted by molar-refractivity contribution is 5.87. The zero-order valence-electron chi connectivity index (χ0n) is 17.7. The van der Waals surface area contributed by atoms with Crippen molar-refractivity contribution in [1.82, 2.24) is 20.1 Å². The molecule has 3 heterocycles. The Bertz CT molecular complexity index is 1320. The van der Waals surface area contributed by atoms with Crippen LogP contribution in [0.15, 0.2) is 45.8 Å². The van der Waals surface area contributed by atoms with Crippen molar-refractivity contribution in [2.24, 2.45) is 0 Å². The van der Waals surface area contributed by atoms with Crippen LogP contribution in [0.5, 0.6) is 0 Å². The molecule has 3 aromatic heterocycles. The summed E-state index contributed by atoms with van der Waals surface area (Å²) < 4.78 is 44.0. The number of aliphatic hydroxyl groups excluding tert-OH is 1. The van der Waals surface area contributed by atoms with Crippen LogP contribution in [0.4, 0.5) is 13.2 Å². The average molecular weight is 462 g/mol. The number of nitrogens with zero attached hydrogens (tertiary/aromatic N) is 2. The van der Waals surface area contributed by atoms with Crippen molar-refractivity contribution < 1.29 is 27.9 Å². The number of fused-ring (bicyclic) bond motifs is 1. The molecule has 2 unspecified atom stereocenters. The highest BCUT2D eigenvalue weighted by Crippen LogP contribution is 2.41. The molecule has 4 aromatic rings. The zero-order valence-corrected chi connectivity index (χ0v) is 17.7. The molecule has 11 heteroatoms. The second-order valence-corrected chi connectivity index (χ2v) is 7.88. The van der Waals surface area contributed by atoms with Crippen LogP contribution in [0.3, 0.4) is 0 Å². The van der Waals surface area contributed by atoms with Crippen LogP contribution in [-0.2, 0) is 5.60 Å². The van der Waals surface area contributed by atoms with Crippen LogP contribution in [0.2, 0.25) is 0 Å². The highest BCUT2D eigenvalue weighted by Gasteiger charge is 2.44. The average Bonchev–Trinajstić information content (AvgIpc) is 3.31. The number of hydrogen-bond donors (Lipinski definition) is 4. The number of aromatic nitrogens is 4. The maximum atomic E-state index is 12.9. The predicted molar refractivity (Wildman–Crippen MR) is 112 cm³/mol. The van der Waals surface area contributed by atoms with E-state index >= 15 is 0 Å². The van der Waals surface area contributed by atoms with Gasteiger partial charge in [0.2, 0.25) is 0 Å². The SMILES string of the molecule is Cc1noc(C)c1-c1cc(C(O)(c2ccccn2)C(O)CCC(F)(F)F)c2[nH]c(=O)[nH]c2c1. The van der Waals surface area contributed by atoms with Gasteiger partial charge in [-0.15, -0.1) is 0 Å². The van der Waals surface area contributed by atoms with Crippen LogP contribution in [0, 0.1) is 13.8 Å². The Kier molecular flexibility index (Phi) is 5.62. The molecule has 174 valence electrons. The van der Waals surface area contributed by atoms with Crippen LogP contribution in [-0.4, -0.2) is 42.6 Å². The van der Waals surface area contributed by atoms with Gasteiger partial charge >= 0.3 is 11.9 Å². The van der Waals surface area contributed by atoms with E-state index in [2.05, 4.69) is 20.1 Å². The number of aromatic amines is 2. The summed E-state index contributed by atoms with van der Waals surface area (Å²) in [5.74, 6) is 0.467. The standard InChI is InChI=1S/C22H21F3N4O4/c1-11-18(12(2)33-29-11)13-9-14(19-15(10-13)27-20(31)28-19)22(32,16-5-3-4-8-26-16)17(30)6-7-21(23,24)25/h3-5,8-10,17,30,32H,6-7H2,1-2H3,(H2,27,28,31). The lowest BCUT2D eigenvalue weighted by molar-refractivity contribution is -0.148. The minimum Gasteiger partial charge on any atom is -0.389 e. The molecule has 0 aliphatic rings. The number of alkyl halides is 3. The number of nitrogens with one attached hydrogen (secondary N) is 2. The molecule has 0 fully saturated rings. The first-order chi connectivity index (χ1) is 15.5. The summed E-state index contributed by atoms with van der Waals surface area (Å²) in [4.78, 5) is 21.4. The smallest absolute Gasteiger partial charge is 0.389 e. The van der Waals surface area contributed by atoms with Crippen LogP contribution < -0.4 is 5.69 Å². The molecule has 0 saturated carbocycles. The number of halogens is 3. The van der Waals surface area contributed by atoms with E-state index in [1.54, 1.807) is 32.0 Å². The molecule has 0 aliphatic heterocycles. The van der Waals surface area contributed by atoms with Gasteiger partial charge < -0.3 is 24.7 Å². The molecule has 4 rings (SSSR count). The first-order valence-electron chi connectivity index (χ1n) is 10.1. The topological polar surface area (TPSA) is 128 Å². The number of imidazole rings is 1. The number of pyridine rings is 1. The number of aryl methyl sites for hydroxylation is 2. The first kappa shape index (κ1) is 22.7. The van der Waals surface area contributed by atoms with Gasteiger partial charge in [-0.05, 0) is 50.1 Å². The quantitative estimate of drug-likeness (QED) is 0.348. The lowest BCUT2D eigenvalue weighted by atomic mass is 9.80. The second-order valence-electron chi connectivity index (χ2n) is 7.88. The van der Waals surface area contributed by atoms with E-state index in [9.17, 15) is 28.2 Å². The van der Waals surface area contributed by atoms with Gasteiger partial charge in [-0.3, -0.25) is 4.98 Å². The Balaban J connectivity index is 1.99. The van der Waals surface area contributed by atoms with Gasteiger partial charge in [0.25, 0.3) is 0 Å². The molecule has 0 bridgehead atoms. The van der Waals surface area contributed by atoms with Crippen molar-refractivity contribution in [3.63, 3.8) is 0 Å². The Labute approximate surface area is 185 Å². The van der Waals surface area contributed by atoms with Crippen LogP contribution in [0.25, 0.3) is 22.2 Å². The van der Waals surface area contributed by atoms with Crippen molar-refractivity contribution in [1.29, 1.82) is 0 Å². The molecular weight excluding hydrogens is 441 g/mol. The lowest BCUT2D eigenvalue weighted by Crippen LogP contribution is -2.42. The van der Waals surface area contributed by atoms with Crippen molar-refractivity contribution in [3.8, 4) is 11.1 Å². The largest absolute Gasteiger partial charge is 0.389 e. The molecule has 4 N–H and O–H groups in total. The van der Waals surface area contributed by atoms with Crippen molar-refractivity contribution in [2.45, 2.75) is 44.6 Å². The fraction of sp³-hybridized carbons (Fsp3) is 0.318. The molecule has 1 aromatic carbocycles. The third-order valence-corrected chi connectivity index (χ3v) is 5.60. The summed E-state index contributed by atoms with van der Waals surface area (Å²) in [6, 6.07) is 7.63. The van der Waals surface area contributed by atoms with Gasteiger partial charge in [0.15, 0.2) is 5.60 Å². The predicted octanol–water partition coefficient (Wildman–Crippen LogP) is 3.46. The number of H-pyrrole nitrogens is 2. The third kappa shape index (κ3) is 4.16. The van der Waals surface area contributed by atoms with Crippen LogP contribution >= 0.6 is 0 Å². The summed E-state index contributed by atoms with van der Waals surface area (Å²) in [6.07, 6.45) is -7.19. The van der Waals surface area contributed by atoms with E-state index in [1.807, 2.05) is 0 Å². The molecule has 0 saturated heterocycles. The summed E-state index contributed by atoms with van der Waals surface area (Å²) in [5.41, 5.74) is -1.01. The van der Waals surface area contributed by atoms with Crippen molar-refractivity contribution in [3.05, 3.63) is 69.7 Å². The second kappa shape index (κ2) is 8.16. The lowest BCUT2D eigenvalue weighted by Gasteiger charge is -2.34. The molecule has 8 nitrogen and oxygen atoms in total. The van der Waals surface area contributed by atoms with Crippen molar-refractivity contribution >= 4 is 11.0 Å².